The molecule has 0 aliphatic heterocycles. The number of nitrogens with zero attached hydrogens (tertiary/aromatic N) is 3. The number of hydrogen-bond acceptors (Lipinski definition) is 5. The van der Waals surface area contributed by atoms with Gasteiger partial charge in [-0.1, -0.05) is 19.8 Å². The molecule has 2 unspecified atom stereocenters. The molecule has 2 rings (SSSR count). The lowest BCUT2D eigenvalue weighted by Gasteiger charge is -2.22. The van der Waals surface area contributed by atoms with Crippen LogP contribution in [0.25, 0.3) is 0 Å². The summed E-state index contributed by atoms with van der Waals surface area (Å²) in [6, 6.07) is -0.0719. The molecule has 21 heavy (non-hydrogen) atoms. The highest BCUT2D eigenvalue weighted by Crippen LogP contribution is 2.33. The second kappa shape index (κ2) is 6.89. The van der Waals surface area contributed by atoms with Crippen molar-refractivity contribution in [2.75, 3.05) is 0 Å². The maximum Gasteiger partial charge on any atom is 0.353 e. The molecule has 1 aliphatic carbocycles. The van der Waals surface area contributed by atoms with Gasteiger partial charge in [-0.05, 0) is 32.6 Å². The van der Waals surface area contributed by atoms with Crippen molar-refractivity contribution in [3.05, 3.63) is 15.8 Å². The van der Waals surface area contributed by atoms with Crippen LogP contribution in [-0.2, 0) is 6.54 Å². The highest BCUT2D eigenvalue weighted by atomic mass is 16.6. The third-order valence-corrected chi connectivity index (χ3v) is 3.94. The molecule has 0 bridgehead atoms. The van der Waals surface area contributed by atoms with E-state index in [1.807, 2.05) is 6.92 Å². The number of nitro groups is 1. The maximum atomic E-state index is 11.3. The predicted octanol–water partition coefficient (Wildman–Crippen LogP) is 2.55. The topological polar surface area (TPSA) is 96.2 Å². The summed E-state index contributed by atoms with van der Waals surface area (Å²) in [6.07, 6.45) is 5.70. The Bertz CT molecular complexity index is 501. The molecule has 2 N–H and O–H groups in total. The number of rotatable bonds is 5. The van der Waals surface area contributed by atoms with Crippen molar-refractivity contribution in [3.63, 3.8) is 0 Å². The fourth-order valence-electron chi connectivity index (χ4n) is 2.83. The molecule has 0 radical (unpaired) electrons. The first kappa shape index (κ1) is 15.8. The molecule has 2 atom stereocenters. The van der Waals surface area contributed by atoms with Gasteiger partial charge in [0.15, 0.2) is 0 Å². The van der Waals surface area contributed by atoms with Crippen LogP contribution < -0.4 is 10.5 Å². The maximum absolute atomic E-state index is 11.3. The highest BCUT2D eigenvalue weighted by molar-refractivity contribution is 5.45. The van der Waals surface area contributed by atoms with Crippen molar-refractivity contribution in [2.24, 2.45) is 5.73 Å². The van der Waals surface area contributed by atoms with Gasteiger partial charge in [0, 0.05) is 12.6 Å². The van der Waals surface area contributed by atoms with E-state index in [1.54, 1.807) is 11.6 Å². The van der Waals surface area contributed by atoms with Crippen LogP contribution in [0.1, 0.15) is 51.1 Å². The highest BCUT2D eigenvalue weighted by Gasteiger charge is 2.31. The second-order valence-corrected chi connectivity index (χ2v) is 5.68. The first-order valence-corrected chi connectivity index (χ1v) is 7.68. The average molecular weight is 296 g/mol. The average Bonchev–Trinajstić information content (AvgIpc) is 2.58. The third kappa shape index (κ3) is 3.53. The molecule has 7 heteroatoms. The van der Waals surface area contributed by atoms with E-state index in [9.17, 15) is 10.1 Å². The Morgan fingerprint density at radius 2 is 2.14 bits per heavy atom. The lowest BCUT2D eigenvalue weighted by atomic mass is 10.1. The molecular formula is C14H24N4O3. The Hall–Kier alpha value is -1.63. The fourth-order valence-corrected chi connectivity index (χ4v) is 2.83. The van der Waals surface area contributed by atoms with Gasteiger partial charge >= 0.3 is 5.69 Å². The van der Waals surface area contributed by atoms with Gasteiger partial charge in [0.05, 0.1) is 4.92 Å². The van der Waals surface area contributed by atoms with Gasteiger partial charge < -0.3 is 10.5 Å². The minimum Gasteiger partial charge on any atom is -0.468 e. The standard InChI is InChI=1S/C14H24N4O3/c1-3-9-17-14(13(18(19)20)10(2)16-17)21-12-8-6-4-5-7-11(12)15/h11-12H,3-9,15H2,1-2H3. The lowest BCUT2D eigenvalue weighted by Crippen LogP contribution is -2.38. The van der Waals surface area contributed by atoms with E-state index in [-0.39, 0.29) is 23.7 Å². The monoisotopic (exact) mass is 296 g/mol. The van der Waals surface area contributed by atoms with E-state index in [1.165, 1.54) is 0 Å². The Labute approximate surface area is 124 Å². The molecule has 1 aromatic rings. The van der Waals surface area contributed by atoms with Crippen LogP contribution in [0.3, 0.4) is 0 Å². The van der Waals surface area contributed by atoms with Gasteiger partial charge in [-0.15, -0.1) is 0 Å². The van der Waals surface area contributed by atoms with E-state index >= 15 is 0 Å². The van der Waals surface area contributed by atoms with Crippen LogP contribution in [0.15, 0.2) is 0 Å². The normalized spacial score (nSPS) is 22.8. The molecule has 118 valence electrons. The van der Waals surface area contributed by atoms with Crippen molar-refractivity contribution in [2.45, 2.75) is 71.1 Å². The lowest BCUT2D eigenvalue weighted by molar-refractivity contribution is -0.386. The van der Waals surface area contributed by atoms with Gasteiger partial charge in [0.1, 0.15) is 11.8 Å². The minimum absolute atomic E-state index is 0.0279. The summed E-state index contributed by atoms with van der Waals surface area (Å²) >= 11 is 0. The molecule has 0 spiro atoms. The molecule has 0 saturated heterocycles. The van der Waals surface area contributed by atoms with E-state index in [0.29, 0.717) is 12.2 Å². The predicted molar refractivity (Wildman–Crippen MR) is 79.4 cm³/mol. The second-order valence-electron chi connectivity index (χ2n) is 5.68. The van der Waals surface area contributed by atoms with Crippen molar-refractivity contribution < 1.29 is 9.66 Å². The summed E-state index contributed by atoms with van der Waals surface area (Å²) in [5.41, 5.74) is 6.53. The molecule has 1 heterocycles. The van der Waals surface area contributed by atoms with E-state index < -0.39 is 4.92 Å². The van der Waals surface area contributed by atoms with Crippen LogP contribution >= 0.6 is 0 Å². The Kier molecular flexibility index (Phi) is 5.17. The summed E-state index contributed by atoms with van der Waals surface area (Å²) in [5.74, 6) is 0.265. The van der Waals surface area contributed by atoms with Crippen molar-refractivity contribution >= 4 is 5.69 Å². The Balaban J connectivity index is 2.29. The number of aromatic nitrogens is 2. The summed E-state index contributed by atoms with van der Waals surface area (Å²) in [4.78, 5) is 10.9. The summed E-state index contributed by atoms with van der Waals surface area (Å²) < 4.78 is 7.58. The first-order valence-electron chi connectivity index (χ1n) is 7.68. The summed E-state index contributed by atoms with van der Waals surface area (Å²) in [6.45, 7) is 4.25. The fraction of sp³-hybridized carbons (Fsp3) is 0.786. The first-order chi connectivity index (χ1) is 10.0. The third-order valence-electron chi connectivity index (χ3n) is 3.94. The van der Waals surface area contributed by atoms with Crippen LogP contribution in [-0.4, -0.2) is 26.8 Å². The number of ether oxygens (including phenoxy) is 1. The SMILES string of the molecule is CCCn1nc(C)c([N+](=O)[O-])c1OC1CCCCCC1N. The van der Waals surface area contributed by atoms with E-state index in [2.05, 4.69) is 5.10 Å². The molecular weight excluding hydrogens is 272 g/mol. The van der Waals surface area contributed by atoms with Gasteiger partial charge in [0.25, 0.3) is 5.88 Å². The number of hydrogen-bond donors (Lipinski definition) is 1. The molecule has 1 saturated carbocycles. The van der Waals surface area contributed by atoms with E-state index in [0.717, 1.165) is 38.5 Å². The van der Waals surface area contributed by atoms with Crippen LogP contribution in [0.5, 0.6) is 5.88 Å². The van der Waals surface area contributed by atoms with Crippen LogP contribution in [0.4, 0.5) is 5.69 Å². The van der Waals surface area contributed by atoms with Crippen LogP contribution in [0, 0.1) is 17.0 Å². The summed E-state index contributed by atoms with van der Waals surface area (Å²) in [5, 5.41) is 15.5. The zero-order valence-corrected chi connectivity index (χ0v) is 12.7. The van der Waals surface area contributed by atoms with Gasteiger partial charge in [-0.2, -0.15) is 5.10 Å². The quantitative estimate of drug-likeness (QED) is 0.511. The van der Waals surface area contributed by atoms with E-state index in [4.69, 9.17) is 10.5 Å². The smallest absolute Gasteiger partial charge is 0.353 e. The number of aryl methyl sites for hydroxylation is 2. The van der Waals surface area contributed by atoms with Crippen molar-refractivity contribution in [3.8, 4) is 5.88 Å². The summed E-state index contributed by atoms with van der Waals surface area (Å²) in [7, 11) is 0. The molecule has 0 amide bonds. The zero-order chi connectivity index (χ0) is 15.4. The molecule has 0 aromatic carbocycles. The van der Waals surface area contributed by atoms with Gasteiger partial charge in [-0.3, -0.25) is 10.1 Å². The minimum atomic E-state index is -0.411. The van der Waals surface area contributed by atoms with Crippen LogP contribution in [0.2, 0.25) is 0 Å². The molecule has 1 fully saturated rings. The Morgan fingerprint density at radius 1 is 1.43 bits per heavy atom. The van der Waals surface area contributed by atoms with Gasteiger partial charge in [-0.25, -0.2) is 4.68 Å². The molecule has 1 aliphatic rings. The van der Waals surface area contributed by atoms with Crippen molar-refractivity contribution in [1.82, 2.24) is 9.78 Å². The largest absolute Gasteiger partial charge is 0.468 e. The zero-order valence-electron chi connectivity index (χ0n) is 12.7. The van der Waals surface area contributed by atoms with Gasteiger partial charge in [0.2, 0.25) is 0 Å². The number of nitrogens with two attached hydrogens (primary N) is 1. The molecule has 1 aromatic heterocycles. The van der Waals surface area contributed by atoms with Crippen molar-refractivity contribution in [1.29, 1.82) is 0 Å². The molecule has 7 nitrogen and oxygen atoms in total. The Morgan fingerprint density at radius 3 is 2.81 bits per heavy atom.